The van der Waals surface area contributed by atoms with Crippen LogP contribution in [0.4, 0.5) is 0 Å². The molecule has 0 bridgehead atoms. The van der Waals surface area contributed by atoms with Gasteiger partial charge in [0.1, 0.15) is 5.65 Å². The molecule has 5 heteroatoms. The molecule has 0 aromatic carbocycles. The topological polar surface area (TPSA) is 49.6 Å². The van der Waals surface area contributed by atoms with Crippen LogP contribution in [0.2, 0.25) is 0 Å². The molecule has 5 nitrogen and oxygen atoms in total. The van der Waals surface area contributed by atoms with E-state index in [1.165, 1.54) is 0 Å². The lowest BCUT2D eigenvalue weighted by Gasteiger charge is -2.17. The van der Waals surface area contributed by atoms with E-state index in [1.54, 1.807) is 0 Å². The third-order valence-electron chi connectivity index (χ3n) is 3.46. The summed E-state index contributed by atoms with van der Waals surface area (Å²) in [5, 5.41) is 2.97. The second-order valence-corrected chi connectivity index (χ2v) is 4.82. The Morgan fingerprint density at radius 2 is 2.15 bits per heavy atom. The van der Waals surface area contributed by atoms with Crippen molar-refractivity contribution in [2.24, 2.45) is 0 Å². The zero-order valence-corrected chi connectivity index (χ0v) is 12.4. The lowest BCUT2D eigenvalue weighted by Crippen LogP contribution is -2.34. The molecular weight excluding hydrogens is 252 g/mol. The predicted molar refractivity (Wildman–Crippen MR) is 80.1 cm³/mol. The van der Waals surface area contributed by atoms with Gasteiger partial charge in [0.2, 0.25) is 0 Å². The third-order valence-corrected chi connectivity index (χ3v) is 3.46. The minimum Gasteiger partial charge on any atom is -0.351 e. The summed E-state index contributed by atoms with van der Waals surface area (Å²) in [6.07, 6.45) is 3.82. The van der Waals surface area contributed by atoms with Crippen molar-refractivity contribution in [3.8, 4) is 0 Å². The van der Waals surface area contributed by atoms with E-state index in [4.69, 9.17) is 0 Å². The Hall–Kier alpha value is -1.88. The number of carbonyl (C=O) groups is 1. The first-order valence-corrected chi connectivity index (χ1v) is 7.10. The number of fused-ring (bicyclic) bond motifs is 1. The van der Waals surface area contributed by atoms with Crippen LogP contribution in [0.25, 0.3) is 5.65 Å². The average Bonchev–Trinajstić information content (AvgIpc) is 2.83. The standard InChI is InChI=1S/C15H22N4O/c1-4-18(5-2)10-8-16-15(20)13-7-6-9-19-11-12(3)17-14(13)19/h6-7,9,11H,4-5,8,10H2,1-3H3,(H,16,20). The number of carbonyl (C=O) groups excluding carboxylic acids is 1. The first-order chi connectivity index (χ1) is 9.65. The molecule has 0 unspecified atom stereocenters. The maximum absolute atomic E-state index is 12.2. The zero-order chi connectivity index (χ0) is 14.5. The summed E-state index contributed by atoms with van der Waals surface area (Å²) in [4.78, 5) is 18.9. The Balaban J connectivity index is 2.04. The van der Waals surface area contributed by atoms with Gasteiger partial charge >= 0.3 is 0 Å². The van der Waals surface area contributed by atoms with E-state index in [9.17, 15) is 4.79 Å². The third kappa shape index (κ3) is 3.17. The maximum atomic E-state index is 12.2. The van der Waals surface area contributed by atoms with Crippen LogP contribution >= 0.6 is 0 Å². The van der Waals surface area contributed by atoms with Crippen LogP contribution in [0, 0.1) is 6.92 Å². The monoisotopic (exact) mass is 274 g/mol. The van der Waals surface area contributed by atoms with Crippen LogP contribution in [0.3, 0.4) is 0 Å². The molecule has 1 amide bonds. The molecule has 0 saturated heterocycles. The van der Waals surface area contributed by atoms with E-state index in [0.29, 0.717) is 17.8 Å². The number of aryl methyl sites for hydroxylation is 1. The second-order valence-electron chi connectivity index (χ2n) is 4.82. The van der Waals surface area contributed by atoms with Crippen LogP contribution in [-0.4, -0.2) is 46.4 Å². The Morgan fingerprint density at radius 1 is 1.40 bits per heavy atom. The van der Waals surface area contributed by atoms with Gasteiger partial charge in [0.25, 0.3) is 5.91 Å². The summed E-state index contributed by atoms with van der Waals surface area (Å²) < 4.78 is 1.88. The van der Waals surface area contributed by atoms with Crippen LogP contribution in [0.5, 0.6) is 0 Å². The van der Waals surface area contributed by atoms with E-state index in [1.807, 2.05) is 35.9 Å². The molecular formula is C15H22N4O. The van der Waals surface area contributed by atoms with E-state index in [2.05, 4.69) is 29.0 Å². The fourth-order valence-corrected chi connectivity index (χ4v) is 2.28. The zero-order valence-electron chi connectivity index (χ0n) is 12.4. The molecule has 0 radical (unpaired) electrons. The van der Waals surface area contributed by atoms with Gasteiger partial charge in [-0.2, -0.15) is 0 Å². The highest BCUT2D eigenvalue weighted by Gasteiger charge is 2.12. The molecule has 2 aromatic rings. The summed E-state index contributed by atoms with van der Waals surface area (Å²) in [7, 11) is 0. The number of rotatable bonds is 6. The van der Waals surface area contributed by atoms with Gasteiger partial charge in [0.15, 0.2) is 0 Å². The molecule has 20 heavy (non-hydrogen) atoms. The van der Waals surface area contributed by atoms with Crippen molar-refractivity contribution in [1.82, 2.24) is 19.6 Å². The van der Waals surface area contributed by atoms with Gasteiger partial charge in [-0.1, -0.05) is 13.8 Å². The number of hydrogen-bond donors (Lipinski definition) is 1. The molecule has 0 aliphatic carbocycles. The summed E-state index contributed by atoms with van der Waals surface area (Å²) in [6, 6.07) is 3.68. The van der Waals surface area contributed by atoms with Gasteiger partial charge in [-0.05, 0) is 32.1 Å². The Kier molecular flexibility index (Phi) is 4.74. The molecule has 0 aliphatic heterocycles. The highest BCUT2D eigenvalue weighted by atomic mass is 16.1. The largest absolute Gasteiger partial charge is 0.351 e. The lowest BCUT2D eigenvalue weighted by atomic mass is 10.2. The molecule has 0 saturated carbocycles. The summed E-state index contributed by atoms with van der Waals surface area (Å²) in [6.45, 7) is 9.70. The van der Waals surface area contributed by atoms with Crippen molar-refractivity contribution in [3.05, 3.63) is 35.8 Å². The van der Waals surface area contributed by atoms with E-state index in [0.717, 1.165) is 25.3 Å². The molecule has 2 heterocycles. The molecule has 1 N–H and O–H groups in total. The highest BCUT2D eigenvalue weighted by Crippen LogP contribution is 2.10. The normalized spacial score (nSPS) is 11.2. The van der Waals surface area contributed by atoms with Crippen molar-refractivity contribution in [2.75, 3.05) is 26.2 Å². The SMILES string of the molecule is CCN(CC)CCNC(=O)c1cccn2cc(C)nc12. The van der Waals surface area contributed by atoms with Gasteiger partial charge < -0.3 is 14.6 Å². The minimum absolute atomic E-state index is 0.0617. The number of hydrogen-bond acceptors (Lipinski definition) is 3. The lowest BCUT2D eigenvalue weighted by molar-refractivity contribution is 0.0950. The van der Waals surface area contributed by atoms with Crippen molar-refractivity contribution < 1.29 is 4.79 Å². The number of nitrogens with one attached hydrogen (secondary N) is 1. The summed E-state index contributed by atoms with van der Waals surface area (Å²) in [5.41, 5.74) is 2.25. The summed E-state index contributed by atoms with van der Waals surface area (Å²) >= 11 is 0. The molecule has 108 valence electrons. The number of imidazole rings is 1. The van der Waals surface area contributed by atoms with Crippen molar-refractivity contribution in [2.45, 2.75) is 20.8 Å². The molecule has 0 fully saturated rings. The number of aromatic nitrogens is 2. The molecule has 2 aromatic heterocycles. The quantitative estimate of drug-likeness (QED) is 0.872. The van der Waals surface area contributed by atoms with Crippen molar-refractivity contribution >= 4 is 11.6 Å². The molecule has 0 aliphatic rings. The van der Waals surface area contributed by atoms with Crippen LogP contribution < -0.4 is 5.32 Å². The minimum atomic E-state index is -0.0617. The van der Waals surface area contributed by atoms with E-state index < -0.39 is 0 Å². The predicted octanol–water partition coefficient (Wildman–Crippen LogP) is 1.71. The first-order valence-electron chi connectivity index (χ1n) is 7.10. The Morgan fingerprint density at radius 3 is 2.85 bits per heavy atom. The number of pyridine rings is 1. The number of nitrogens with zero attached hydrogens (tertiary/aromatic N) is 3. The fraction of sp³-hybridized carbons (Fsp3) is 0.467. The van der Waals surface area contributed by atoms with Gasteiger partial charge in [-0.15, -0.1) is 0 Å². The van der Waals surface area contributed by atoms with Crippen LogP contribution in [-0.2, 0) is 0 Å². The maximum Gasteiger partial charge on any atom is 0.255 e. The van der Waals surface area contributed by atoms with E-state index >= 15 is 0 Å². The summed E-state index contributed by atoms with van der Waals surface area (Å²) in [5.74, 6) is -0.0617. The van der Waals surface area contributed by atoms with Crippen LogP contribution in [0.15, 0.2) is 24.5 Å². The van der Waals surface area contributed by atoms with E-state index in [-0.39, 0.29) is 5.91 Å². The van der Waals surface area contributed by atoms with Crippen LogP contribution in [0.1, 0.15) is 29.9 Å². The highest BCUT2D eigenvalue weighted by molar-refractivity contribution is 5.99. The smallest absolute Gasteiger partial charge is 0.255 e. The molecule has 2 rings (SSSR count). The Labute approximate surface area is 119 Å². The van der Waals surface area contributed by atoms with Gasteiger partial charge in [-0.25, -0.2) is 4.98 Å². The van der Waals surface area contributed by atoms with Crippen molar-refractivity contribution in [3.63, 3.8) is 0 Å². The van der Waals surface area contributed by atoms with Gasteiger partial charge in [0.05, 0.1) is 11.3 Å². The molecule has 0 atom stereocenters. The van der Waals surface area contributed by atoms with Crippen molar-refractivity contribution in [1.29, 1.82) is 0 Å². The molecule has 0 spiro atoms. The van der Waals surface area contributed by atoms with Gasteiger partial charge in [0, 0.05) is 25.5 Å². The number of amides is 1. The first kappa shape index (κ1) is 14.5. The average molecular weight is 274 g/mol. The fourth-order valence-electron chi connectivity index (χ4n) is 2.28. The second kappa shape index (κ2) is 6.52. The number of likely N-dealkylation sites (N-methyl/N-ethyl adjacent to an activating group) is 1. The Bertz CT molecular complexity index is 587. The van der Waals surface area contributed by atoms with Gasteiger partial charge in [-0.3, -0.25) is 4.79 Å².